The number of benzene rings is 1. The van der Waals surface area contributed by atoms with Crippen molar-refractivity contribution in [1.29, 1.82) is 0 Å². The molecule has 2 fully saturated rings. The molecule has 2 aromatic rings. The van der Waals surface area contributed by atoms with E-state index in [1.165, 1.54) is 11.0 Å². The first-order valence-corrected chi connectivity index (χ1v) is 15.9. The van der Waals surface area contributed by atoms with Gasteiger partial charge in [0.05, 0.1) is 6.61 Å². The van der Waals surface area contributed by atoms with E-state index >= 15 is 4.39 Å². The van der Waals surface area contributed by atoms with Crippen LogP contribution >= 0.6 is 0 Å². The molecule has 2 saturated heterocycles. The van der Waals surface area contributed by atoms with Crippen molar-refractivity contribution < 1.29 is 32.8 Å². The molecule has 0 unspecified atom stereocenters. The zero-order chi connectivity index (χ0) is 32.7. The first-order valence-electron chi connectivity index (χ1n) is 15.9. The lowest BCUT2D eigenvalue weighted by Gasteiger charge is -2.30. The first kappa shape index (κ1) is 34.0. The van der Waals surface area contributed by atoms with Crippen LogP contribution in [-0.4, -0.2) is 76.9 Å². The Morgan fingerprint density at radius 3 is 2.51 bits per heavy atom. The maximum absolute atomic E-state index is 15.2. The second kappa shape index (κ2) is 14.9. The van der Waals surface area contributed by atoms with Gasteiger partial charge in [0, 0.05) is 38.0 Å². The maximum Gasteiger partial charge on any atom is 0.408 e. The van der Waals surface area contributed by atoms with Crippen LogP contribution in [-0.2, 0) is 20.7 Å². The van der Waals surface area contributed by atoms with E-state index in [-0.39, 0.29) is 17.9 Å². The van der Waals surface area contributed by atoms with Gasteiger partial charge in [-0.25, -0.2) is 9.18 Å². The molecule has 12 nitrogen and oxygen atoms in total. The van der Waals surface area contributed by atoms with E-state index in [2.05, 4.69) is 20.4 Å². The Balaban J connectivity index is 1.28. The van der Waals surface area contributed by atoms with E-state index in [0.717, 1.165) is 44.6 Å². The summed E-state index contributed by atoms with van der Waals surface area (Å²) in [6, 6.07) is 3.18. The van der Waals surface area contributed by atoms with Gasteiger partial charge in [-0.2, -0.15) is 4.98 Å². The van der Waals surface area contributed by atoms with Crippen LogP contribution in [0, 0.1) is 11.7 Å². The number of carbonyl (C=O) groups is 3. The Kier molecular flexibility index (Phi) is 11.3. The number of carbonyl (C=O) groups excluding carboxylic acids is 3. The second-order valence-corrected chi connectivity index (χ2v) is 13.3. The Bertz CT molecular complexity index is 1320. The van der Waals surface area contributed by atoms with Crippen molar-refractivity contribution in [2.24, 2.45) is 11.7 Å². The van der Waals surface area contributed by atoms with Gasteiger partial charge in [-0.15, -0.1) is 0 Å². The minimum Gasteiger partial charge on any atom is -0.493 e. The van der Waals surface area contributed by atoms with Crippen LogP contribution in [0.4, 0.5) is 15.2 Å². The zero-order valence-corrected chi connectivity index (χ0v) is 27.0. The standard InChI is InChI=1S/C32H47FN6O6/c1-20(2)28-36-30(45-37-28)38-15-12-21(13-16-38)8-7-17-43-23-11-10-22(24(33)19-23)18-25(35-31(42)44-32(3,4)5)29(41)39-14-6-9-26(39)27(34)40/h10-11,19-21,25-26H,6-9,12-18H2,1-5H3,(H2,34,40)(H,35,42)/t25-,26-/m0/s1. The van der Waals surface area contributed by atoms with Crippen molar-refractivity contribution in [3.05, 3.63) is 35.4 Å². The SMILES string of the molecule is CC(C)c1noc(N2CCC(CCCOc3ccc(C[C@H](NC(=O)OC(C)(C)C)C(=O)N4CCC[C@H]4C(N)=O)c(F)c3)CC2)n1. The molecule has 0 bridgehead atoms. The van der Waals surface area contributed by atoms with Crippen molar-refractivity contribution >= 4 is 23.9 Å². The number of nitrogens with one attached hydrogen (secondary N) is 1. The Hall–Kier alpha value is -3.90. The fourth-order valence-electron chi connectivity index (χ4n) is 5.74. The number of primary amides is 1. The van der Waals surface area contributed by atoms with Gasteiger partial charge < -0.3 is 34.8 Å². The number of amides is 3. The van der Waals surface area contributed by atoms with E-state index < -0.39 is 41.4 Å². The highest BCUT2D eigenvalue weighted by Gasteiger charge is 2.37. The van der Waals surface area contributed by atoms with Crippen LogP contribution in [0.2, 0.25) is 0 Å². The highest BCUT2D eigenvalue weighted by Crippen LogP contribution is 2.27. The van der Waals surface area contributed by atoms with Gasteiger partial charge in [-0.05, 0) is 76.8 Å². The summed E-state index contributed by atoms with van der Waals surface area (Å²) in [6.07, 6.45) is 3.99. The number of hydrogen-bond donors (Lipinski definition) is 2. The van der Waals surface area contributed by atoms with Crippen LogP contribution in [0.3, 0.4) is 0 Å². The summed E-state index contributed by atoms with van der Waals surface area (Å²) in [7, 11) is 0. The largest absolute Gasteiger partial charge is 0.493 e. The van der Waals surface area contributed by atoms with Crippen LogP contribution in [0.15, 0.2) is 22.7 Å². The maximum atomic E-state index is 15.2. The summed E-state index contributed by atoms with van der Waals surface area (Å²) in [4.78, 5) is 45.9. The summed E-state index contributed by atoms with van der Waals surface area (Å²) >= 11 is 0. The molecule has 1 aromatic heterocycles. The summed E-state index contributed by atoms with van der Waals surface area (Å²) in [6.45, 7) is 11.7. The summed E-state index contributed by atoms with van der Waals surface area (Å²) in [5.74, 6) is 0.222. The summed E-state index contributed by atoms with van der Waals surface area (Å²) < 4.78 is 31.8. The predicted octanol–water partition coefficient (Wildman–Crippen LogP) is 4.32. The monoisotopic (exact) mass is 630 g/mol. The third-order valence-corrected chi connectivity index (χ3v) is 8.16. The number of anilines is 1. The highest BCUT2D eigenvalue weighted by atomic mass is 19.1. The molecule has 2 aliphatic rings. The van der Waals surface area contributed by atoms with E-state index in [1.54, 1.807) is 32.9 Å². The molecular weight excluding hydrogens is 583 g/mol. The number of ether oxygens (including phenoxy) is 2. The molecule has 3 amide bonds. The minimum atomic E-state index is -1.15. The van der Waals surface area contributed by atoms with Crippen LogP contribution in [0.25, 0.3) is 0 Å². The lowest BCUT2D eigenvalue weighted by Crippen LogP contribution is -2.54. The van der Waals surface area contributed by atoms with E-state index in [1.807, 2.05) is 13.8 Å². The normalized spacial score (nSPS) is 18.2. The molecule has 2 atom stereocenters. The zero-order valence-electron chi connectivity index (χ0n) is 27.0. The highest BCUT2D eigenvalue weighted by molar-refractivity contribution is 5.91. The van der Waals surface area contributed by atoms with Gasteiger partial charge in [0.1, 0.15) is 29.3 Å². The van der Waals surface area contributed by atoms with Crippen molar-refractivity contribution in [3.63, 3.8) is 0 Å². The first-order chi connectivity index (χ1) is 21.3. The molecule has 0 saturated carbocycles. The third-order valence-electron chi connectivity index (χ3n) is 8.16. The number of rotatable bonds is 12. The van der Waals surface area contributed by atoms with Crippen molar-refractivity contribution in [1.82, 2.24) is 20.4 Å². The molecule has 45 heavy (non-hydrogen) atoms. The lowest BCUT2D eigenvalue weighted by atomic mass is 9.92. The van der Waals surface area contributed by atoms with E-state index in [4.69, 9.17) is 19.7 Å². The summed E-state index contributed by atoms with van der Waals surface area (Å²) in [5.41, 5.74) is 4.93. The number of likely N-dealkylation sites (tertiary alicyclic amines) is 1. The number of alkyl carbamates (subject to hydrolysis) is 1. The van der Waals surface area contributed by atoms with Gasteiger partial charge in [-0.1, -0.05) is 25.1 Å². The number of nitrogens with zero attached hydrogens (tertiary/aromatic N) is 4. The molecule has 3 N–H and O–H groups in total. The number of aromatic nitrogens is 2. The van der Waals surface area contributed by atoms with E-state index in [9.17, 15) is 14.4 Å². The van der Waals surface area contributed by atoms with Gasteiger partial charge in [0.15, 0.2) is 5.82 Å². The molecular formula is C32H47FN6O6. The lowest BCUT2D eigenvalue weighted by molar-refractivity contribution is -0.139. The Morgan fingerprint density at radius 2 is 1.89 bits per heavy atom. The third kappa shape index (κ3) is 9.54. The molecule has 13 heteroatoms. The predicted molar refractivity (Wildman–Crippen MR) is 165 cm³/mol. The molecule has 1 aromatic carbocycles. The smallest absolute Gasteiger partial charge is 0.408 e. The molecule has 2 aliphatic heterocycles. The van der Waals surface area contributed by atoms with E-state index in [0.29, 0.717) is 43.7 Å². The number of hydrogen-bond acceptors (Lipinski definition) is 9. The fourth-order valence-corrected chi connectivity index (χ4v) is 5.74. The van der Waals surface area contributed by atoms with Crippen molar-refractivity contribution in [2.75, 3.05) is 31.1 Å². The average Bonchev–Trinajstić information content (AvgIpc) is 3.66. The summed E-state index contributed by atoms with van der Waals surface area (Å²) in [5, 5.41) is 6.63. The molecule has 3 heterocycles. The molecule has 0 radical (unpaired) electrons. The number of halogens is 1. The number of nitrogens with two attached hydrogens (primary N) is 1. The van der Waals surface area contributed by atoms with Crippen molar-refractivity contribution in [2.45, 2.75) is 103 Å². The fraction of sp³-hybridized carbons (Fsp3) is 0.656. The van der Waals surface area contributed by atoms with Crippen molar-refractivity contribution in [3.8, 4) is 5.75 Å². The van der Waals surface area contributed by atoms with Gasteiger partial charge in [0.25, 0.3) is 0 Å². The molecule has 4 rings (SSSR count). The Morgan fingerprint density at radius 1 is 1.16 bits per heavy atom. The van der Waals surface area contributed by atoms with Crippen LogP contribution < -0.4 is 20.7 Å². The topological polar surface area (TPSA) is 153 Å². The van der Waals surface area contributed by atoms with Crippen LogP contribution in [0.1, 0.15) is 90.4 Å². The van der Waals surface area contributed by atoms with Crippen LogP contribution in [0.5, 0.6) is 5.75 Å². The van der Waals surface area contributed by atoms with Gasteiger partial charge in [-0.3, -0.25) is 9.59 Å². The molecule has 0 spiro atoms. The molecule has 248 valence electrons. The van der Waals surface area contributed by atoms with Gasteiger partial charge >= 0.3 is 12.1 Å². The molecule has 0 aliphatic carbocycles. The number of piperidine rings is 1. The minimum absolute atomic E-state index is 0.132. The average molecular weight is 631 g/mol. The Labute approximate surface area is 264 Å². The second-order valence-electron chi connectivity index (χ2n) is 13.3. The van der Waals surface area contributed by atoms with Gasteiger partial charge in [0.2, 0.25) is 11.8 Å². The quantitative estimate of drug-likeness (QED) is 0.327.